The number of amides is 4. The van der Waals surface area contributed by atoms with Crippen LogP contribution >= 0.6 is 0 Å². The van der Waals surface area contributed by atoms with E-state index in [1.54, 1.807) is 32.9 Å². The standard InChI is InChI=1S/C33H48N4O6/c1-21(2)17-26(29(34)38)35-30(39)27(18-22(3)4)36-31(40)28(37-32(41)43-33(5,6)7)19-23-13-15-25(16-14-23)42-20-24-11-9-8-10-12-24/h8-16,21-22,26-28H,17-20H2,1-7H3,(H2,34,38)(H,35,39)(H,36,40)(H,37,41)/t26-,27+,28-/m0/s1. The molecule has 10 heteroatoms. The smallest absolute Gasteiger partial charge is 0.408 e. The first-order valence-electron chi connectivity index (χ1n) is 14.8. The Labute approximate surface area is 255 Å². The van der Waals surface area contributed by atoms with Gasteiger partial charge in [-0.2, -0.15) is 0 Å². The summed E-state index contributed by atoms with van der Waals surface area (Å²) in [5.74, 6) is -0.884. The Morgan fingerprint density at radius 3 is 1.79 bits per heavy atom. The van der Waals surface area contributed by atoms with Gasteiger partial charge < -0.3 is 31.2 Å². The minimum atomic E-state index is -1.05. The van der Waals surface area contributed by atoms with Gasteiger partial charge in [0.1, 0.15) is 36.1 Å². The van der Waals surface area contributed by atoms with Crippen molar-refractivity contribution in [1.82, 2.24) is 16.0 Å². The molecule has 0 aliphatic carbocycles. The van der Waals surface area contributed by atoms with Crippen molar-refractivity contribution in [2.45, 2.75) is 98.1 Å². The maximum absolute atomic E-state index is 13.6. The van der Waals surface area contributed by atoms with Gasteiger partial charge in [0.2, 0.25) is 17.7 Å². The van der Waals surface area contributed by atoms with Gasteiger partial charge in [0.25, 0.3) is 0 Å². The van der Waals surface area contributed by atoms with Crippen LogP contribution in [0.5, 0.6) is 5.75 Å². The normalized spacial score (nSPS) is 13.5. The van der Waals surface area contributed by atoms with Crippen LogP contribution in [0.15, 0.2) is 54.6 Å². The van der Waals surface area contributed by atoms with Gasteiger partial charge in [-0.05, 0) is 68.7 Å². The number of rotatable bonds is 15. The summed E-state index contributed by atoms with van der Waals surface area (Å²) in [7, 11) is 0. The molecule has 0 saturated heterocycles. The Balaban J connectivity index is 2.20. The lowest BCUT2D eigenvalue weighted by molar-refractivity contribution is -0.132. The molecular weight excluding hydrogens is 548 g/mol. The molecule has 5 N–H and O–H groups in total. The summed E-state index contributed by atoms with van der Waals surface area (Å²) >= 11 is 0. The van der Waals surface area contributed by atoms with Crippen LogP contribution in [-0.4, -0.2) is 47.5 Å². The Kier molecular flexibility index (Phi) is 13.5. The van der Waals surface area contributed by atoms with Gasteiger partial charge in [-0.1, -0.05) is 70.2 Å². The van der Waals surface area contributed by atoms with E-state index < -0.39 is 47.5 Å². The molecule has 0 aromatic heterocycles. The van der Waals surface area contributed by atoms with Crippen molar-refractivity contribution in [2.24, 2.45) is 17.6 Å². The number of hydrogen-bond acceptors (Lipinski definition) is 6. The predicted octanol–water partition coefficient (Wildman–Crippen LogP) is 4.25. The number of ether oxygens (including phenoxy) is 2. The molecule has 0 heterocycles. The van der Waals surface area contributed by atoms with Crippen LogP contribution < -0.4 is 26.4 Å². The van der Waals surface area contributed by atoms with Crippen molar-refractivity contribution < 1.29 is 28.7 Å². The molecule has 0 spiro atoms. The first kappa shape index (κ1) is 35.1. The van der Waals surface area contributed by atoms with Crippen molar-refractivity contribution in [1.29, 1.82) is 0 Å². The minimum absolute atomic E-state index is 0.0499. The van der Waals surface area contributed by atoms with Crippen LogP contribution in [0.1, 0.15) is 72.4 Å². The molecule has 2 aromatic carbocycles. The van der Waals surface area contributed by atoms with Gasteiger partial charge in [0.05, 0.1) is 0 Å². The highest BCUT2D eigenvalue weighted by Gasteiger charge is 2.31. The molecular formula is C33H48N4O6. The highest BCUT2D eigenvalue weighted by atomic mass is 16.6. The van der Waals surface area contributed by atoms with E-state index in [2.05, 4.69) is 16.0 Å². The maximum Gasteiger partial charge on any atom is 0.408 e. The van der Waals surface area contributed by atoms with E-state index in [0.717, 1.165) is 11.1 Å². The van der Waals surface area contributed by atoms with E-state index in [1.165, 1.54) is 0 Å². The largest absolute Gasteiger partial charge is 0.489 e. The molecule has 0 radical (unpaired) electrons. The van der Waals surface area contributed by atoms with Gasteiger partial charge in [-0.25, -0.2) is 4.79 Å². The third-order valence-corrected chi connectivity index (χ3v) is 6.33. The van der Waals surface area contributed by atoms with Crippen LogP contribution in [0, 0.1) is 11.8 Å². The summed E-state index contributed by atoms with van der Waals surface area (Å²) in [6, 6.07) is 14.2. The molecule has 0 saturated carbocycles. The van der Waals surface area contributed by atoms with Gasteiger partial charge in [0, 0.05) is 6.42 Å². The summed E-state index contributed by atoms with van der Waals surface area (Å²) in [4.78, 5) is 51.5. The lowest BCUT2D eigenvalue weighted by Gasteiger charge is -2.27. The summed E-state index contributed by atoms with van der Waals surface area (Å²) in [6.07, 6.45) is 0.0671. The molecule has 10 nitrogen and oxygen atoms in total. The molecule has 4 amide bonds. The average molecular weight is 597 g/mol. The molecule has 0 fully saturated rings. The van der Waals surface area contributed by atoms with Crippen molar-refractivity contribution in [3.05, 3.63) is 65.7 Å². The fraction of sp³-hybridized carbons (Fsp3) is 0.515. The van der Waals surface area contributed by atoms with Crippen molar-refractivity contribution >= 4 is 23.8 Å². The summed E-state index contributed by atoms with van der Waals surface area (Å²) in [6.45, 7) is 13.3. The number of alkyl carbamates (subject to hydrolysis) is 1. The molecule has 2 aromatic rings. The zero-order valence-corrected chi connectivity index (χ0v) is 26.4. The number of nitrogens with one attached hydrogen (secondary N) is 3. The Morgan fingerprint density at radius 1 is 0.721 bits per heavy atom. The van der Waals surface area contributed by atoms with E-state index in [4.69, 9.17) is 15.2 Å². The van der Waals surface area contributed by atoms with Crippen LogP contribution in [-0.2, 0) is 32.1 Å². The van der Waals surface area contributed by atoms with Crippen LogP contribution in [0.4, 0.5) is 4.79 Å². The fourth-order valence-electron chi connectivity index (χ4n) is 4.32. The highest BCUT2D eigenvalue weighted by Crippen LogP contribution is 2.17. The third-order valence-electron chi connectivity index (χ3n) is 6.33. The number of hydrogen-bond donors (Lipinski definition) is 4. The van der Waals surface area contributed by atoms with E-state index in [9.17, 15) is 19.2 Å². The second-order valence-electron chi connectivity index (χ2n) is 12.6. The number of primary amides is 1. The van der Waals surface area contributed by atoms with E-state index in [0.29, 0.717) is 25.2 Å². The van der Waals surface area contributed by atoms with Crippen molar-refractivity contribution in [2.75, 3.05) is 0 Å². The van der Waals surface area contributed by atoms with Gasteiger partial charge >= 0.3 is 6.09 Å². The Morgan fingerprint density at radius 2 is 1.26 bits per heavy atom. The second kappa shape index (κ2) is 16.5. The molecule has 3 atom stereocenters. The molecule has 0 unspecified atom stereocenters. The topological polar surface area (TPSA) is 149 Å². The van der Waals surface area contributed by atoms with E-state index in [1.807, 2.05) is 70.2 Å². The maximum atomic E-state index is 13.6. The molecule has 0 bridgehead atoms. The first-order valence-corrected chi connectivity index (χ1v) is 14.8. The Bertz CT molecular complexity index is 1190. The minimum Gasteiger partial charge on any atom is -0.489 e. The fourth-order valence-corrected chi connectivity index (χ4v) is 4.32. The SMILES string of the molecule is CC(C)C[C@H](NC(=O)[C@@H](CC(C)C)NC(=O)[C@H](Cc1ccc(OCc2ccccc2)cc1)NC(=O)OC(C)(C)C)C(N)=O. The van der Waals surface area contributed by atoms with Crippen LogP contribution in [0.3, 0.4) is 0 Å². The predicted molar refractivity (Wildman–Crippen MR) is 166 cm³/mol. The first-order chi connectivity index (χ1) is 20.1. The molecule has 0 aliphatic rings. The van der Waals surface area contributed by atoms with Gasteiger partial charge in [-0.3, -0.25) is 14.4 Å². The summed E-state index contributed by atoms with van der Waals surface area (Å²) in [5, 5.41) is 8.14. The quantitative estimate of drug-likeness (QED) is 0.242. The molecule has 2 rings (SSSR count). The average Bonchev–Trinajstić information content (AvgIpc) is 2.90. The number of benzene rings is 2. The van der Waals surface area contributed by atoms with Gasteiger partial charge in [0.15, 0.2) is 0 Å². The van der Waals surface area contributed by atoms with Gasteiger partial charge in [-0.15, -0.1) is 0 Å². The molecule has 43 heavy (non-hydrogen) atoms. The number of carbonyl (C=O) groups excluding carboxylic acids is 4. The number of carbonyl (C=O) groups is 4. The molecule has 236 valence electrons. The van der Waals surface area contributed by atoms with E-state index in [-0.39, 0.29) is 18.3 Å². The van der Waals surface area contributed by atoms with Crippen molar-refractivity contribution in [3.8, 4) is 5.75 Å². The third kappa shape index (κ3) is 13.6. The molecule has 0 aliphatic heterocycles. The lowest BCUT2D eigenvalue weighted by Crippen LogP contribution is -2.57. The zero-order valence-electron chi connectivity index (χ0n) is 26.4. The Hall–Kier alpha value is -4.08. The van der Waals surface area contributed by atoms with E-state index >= 15 is 0 Å². The second-order valence-corrected chi connectivity index (χ2v) is 12.6. The van der Waals surface area contributed by atoms with Crippen LogP contribution in [0.25, 0.3) is 0 Å². The van der Waals surface area contributed by atoms with Crippen molar-refractivity contribution in [3.63, 3.8) is 0 Å². The highest BCUT2D eigenvalue weighted by molar-refractivity contribution is 5.93. The number of nitrogens with two attached hydrogens (primary N) is 1. The summed E-state index contributed by atoms with van der Waals surface area (Å²) in [5.41, 5.74) is 6.55. The van der Waals surface area contributed by atoms with Crippen LogP contribution in [0.2, 0.25) is 0 Å². The zero-order chi connectivity index (χ0) is 32.2. The summed E-state index contributed by atoms with van der Waals surface area (Å²) < 4.78 is 11.3. The monoisotopic (exact) mass is 596 g/mol. The lowest BCUT2D eigenvalue weighted by atomic mass is 9.99.